The lowest BCUT2D eigenvalue weighted by molar-refractivity contribution is -0.161. The minimum atomic E-state index is -4.83. The summed E-state index contributed by atoms with van der Waals surface area (Å²) in [4.78, 5) is 47.9. The smallest absolute Gasteiger partial charge is 0.362 e. The number of anilines is 1. The van der Waals surface area contributed by atoms with Crippen molar-refractivity contribution in [1.29, 1.82) is 0 Å². The number of amides is 1. The minimum Gasteiger partial charge on any atom is -0.478 e. The summed E-state index contributed by atoms with van der Waals surface area (Å²) in [6.45, 7) is 3.61. The molecule has 1 aromatic rings. The Labute approximate surface area is 199 Å². The van der Waals surface area contributed by atoms with E-state index in [1.807, 2.05) is 4.90 Å². The summed E-state index contributed by atoms with van der Waals surface area (Å²) in [6, 6.07) is -1.09. The number of aliphatic carboxylic acids is 1. The maximum absolute atomic E-state index is 13.1. The number of aromatic nitrogens is 1. The number of carboxylic acid groups (broad SMARTS) is 1. The molecular weight excluding hydrogens is 492 g/mol. The van der Waals surface area contributed by atoms with Crippen molar-refractivity contribution in [3.63, 3.8) is 0 Å². The summed E-state index contributed by atoms with van der Waals surface area (Å²) >= 11 is 1.01. The van der Waals surface area contributed by atoms with E-state index in [4.69, 9.17) is 16.3 Å². The Morgan fingerprint density at radius 3 is 2.59 bits per heavy atom. The Balaban J connectivity index is 1.84. The van der Waals surface area contributed by atoms with Crippen molar-refractivity contribution in [3.8, 4) is 0 Å². The van der Waals surface area contributed by atoms with Gasteiger partial charge < -0.3 is 21.4 Å². The summed E-state index contributed by atoms with van der Waals surface area (Å²) < 4.78 is 33.4. The molecule has 0 bridgehead atoms. The zero-order valence-electron chi connectivity index (χ0n) is 18.4. The number of thiazole rings is 1. The topological polar surface area (TPSA) is 219 Å². The average molecular weight is 519 g/mol. The van der Waals surface area contributed by atoms with Crippen LogP contribution in [0.3, 0.4) is 0 Å². The molecule has 1 aromatic heterocycles. The van der Waals surface area contributed by atoms with Gasteiger partial charge in [0.15, 0.2) is 16.6 Å². The van der Waals surface area contributed by atoms with E-state index in [0.717, 1.165) is 11.3 Å². The monoisotopic (exact) mass is 518 g/mol. The van der Waals surface area contributed by atoms with Gasteiger partial charge in [0.25, 0.3) is 0 Å². The van der Waals surface area contributed by atoms with E-state index >= 15 is 0 Å². The highest BCUT2D eigenvalue weighted by molar-refractivity contribution is 7.84. The number of carbonyl (C=O) groups excluding carboxylic acids is 2. The van der Waals surface area contributed by atoms with Crippen LogP contribution in [0.2, 0.25) is 0 Å². The lowest BCUT2D eigenvalue weighted by atomic mass is 9.84. The van der Waals surface area contributed by atoms with Crippen molar-refractivity contribution in [2.24, 2.45) is 16.8 Å². The van der Waals surface area contributed by atoms with Gasteiger partial charge in [-0.1, -0.05) is 5.16 Å². The van der Waals surface area contributed by atoms with Crippen LogP contribution in [0.15, 0.2) is 10.5 Å². The van der Waals surface area contributed by atoms with Gasteiger partial charge in [0, 0.05) is 30.9 Å². The molecule has 2 fully saturated rings. The third-order valence-corrected chi connectivity index (χ3v) is 7.24. The van der Waals surface area contributed by atoms with Crippen LogP contribution in [-0.4, -0.2) is 93.0 Å². The summed E-state index contributed by atoms with van der Waals surface area (Å²) in [5.41, 5.74) is 9.42. The number of hydrogen-bond donors (Lipinski definition) is 4. The number of carbonyl (C=O) groups is 3. The molecule has 2 aliphatic rings. The molecular formula is C18H26N6O8S2. The quantitative estimate of drug-likeness (QED) is 0.126. The number of oxime groups is 1. The number of ketones is 1. The number of nitrogen functional groups attached to an aromatic ring is 1. The average Bonchev–Trinajstić information content (AvgIpc) is 3.32. The van der Waals surface area contributed by atoms with Crippen molar-refractivity contribution < 1.29 is 37.3 Å². The zero-order valence-corrected chi connectivity index (χ0v) is 20.1. The molecule has 3 heterocycles. The molecule has 2 saturated heterocycles. The number of Topliss-reactive ketones (excluding diaryl/α,β-unsaturated/α-hetero) is 1. The van der Waals surface area contributed by atoms with Crippen LogP contribution in [0.25, 0.3) is 0 Å². The van der Waals surface area contributed by atoms with E-state index in [9.17, 15) is 32.5 Å². The summed E-state index contributed by atoms with van der Waals surface area (Å²) in [5.74, 6) is -4.07. The molecule has 0 saturated carbocycles. The van der Waals surface area contributed by atoms with Gasteiger partial charge in [-0.3, -0.25) is 19.0 Å². The van der Waals surface area contributed by atoms with Gasteiger partial charge >= 0.3 is 16.3 Å². The Hall–Kier alpha value is -2.66. The van der Waals surface area contributed by atoms with Crippen LogP contribution in [0.5, 0.6) is 0 Å². The van der Waals surface area contributed by atoms with Gasteiger partial charge in [0.1, 0.15) is 5.69 Å². The molecule has 16 heteroatoms. The molecule has 3 rings (SSSR count). The molecule has 0 radical (unpaired) electrons. The normalized spacial score (nSPS) is 24.2. The summed E-state index contributed by atoms with van der Waals surface area (Å²) in [6.07, 6.45) is 0.220. The van der Waals surface area contributed by atoms with E-state index in [0.29, 0.717) is 23.8 Å². The fourth-order valence-corrected chi connectivity index (χ4v) is 5.17. The Morgan fingerprint density at radius 1 is 1.41 bits per heavy atom. The molecule has 0 spiro atoms. The first-order valence-electron chi connectivity index (χ1n) is 10.2. The first kappa shape index (κ1) is 26.0. The molecule has 0 aliphatic carbocycles. The van der Waals surface area contributed by atoms with E-state index < -0.39 is 51.9 Å². The van der Waals surface area contributed by atoms with Crippen LogP contribution < -0.4 is 11.5 Å². The number of nitrogens with zero attached hydrogens (tertiary/aromatic N) is 4. The molecule has 3 atom stereocenters. The third kappa shape index (κ3) is 5.52. The zero-order chi connectivity index (χ0) is 25.4. The standard InChI is InChI=1S/C18H26N6O8S2/c1-18(2,16(27)28)32-22-14(11-8-33-17(20)21-11)13(25)5-10-12(7-23-4-3-9(19)6-23)24(15(10)26)34(29,30)31/h8-10,12H,3-7,19H2,1-2H3,(H2,20,21)(H,27,28)(H,29,30,31)/b22-14-/t9-,10-,12+/m0/s1. The highest BCUT2D eigenvalue weighted by Crippen LogP contribution is 2.34. The number of hydrogen-bond acceptors (Lipinski definition) is 12. The Kier molecular flexibility index (Phi) is 7.28. The molecule has 188 valence electrons. The number of rotatable bonds is 10. The highest BCUT2D eigenvalue weighted by Gasteiger charge is 2.54. The van der Waals surface area contributed by atoms with Crippen LogP contribution >= 0.6 is 11.3 Å². The number of carboxylic acids is 1. The predicted molar refractivity (Wildman–Crippen MR) is 120 cm³/mol. The first-order valence-corrected chi connectivity index (χ1v) is 12.5. The van der Waals surface area contributed by atoms with Gasteiger partial charge in [-0.25, -0.2) is 14.1 Å². The number of likely N-dealkylation sites (tertiary alicyclic amines) is 1. The summed E-state index contributed by atoms with van der Waals surface area (Å²) in [7, 11) is -4.83. The SMILES string of the molecule is CC(C)(O/N=C(\C(=O)C[C@@H]1C(=O)N(S(=O)(=O)O)[C@@H]1CN1CC[C@H](N)C1)c1csc(N)n1)C(=O)O. The number of β-lactam (4-membered cyclic amide) rings is 1. The highest BCUT2D eigenvalue weighted by atomic mass is 32.2. The second-order valence-electron chi connectivity index (χ2n) is 8.64. The predicted octanol–water partition coefficient (Wildman–Crippen LogP) is -1.07. The van der Waals surface area contributed by atoms with E-state index in [2.05, 4.69) is 10.1 Å². The molecule has 0 unspecified atom stereocenters. The minimum absolute atomic E-state index is 0.0224. The van der Waals surface area contributed by atoms with Crippen LogP contribution in [-0.2, 0) is 29.5 Å². The first-order chi connectivity index (χ1) is 15.7. The lowest BCUT2D eigenvalue weighted by Crippen LogP contribution is -2.66. The fraction of sp³-hybridized carbons (Fsp3) is 0.611. The molecule has 0 aromatic carbocycles. The largest absolute Gasteiger partial charge is 0.478 e. The molecule has 14 nitrogen and oxygen atoms in total. The Bertz CT molecular complexity index is 1120. The van der Waals surface area contributed by atoms with Crippen molar-refractivity contribution in [2.75, 3.05) is 25.4 Å². The van der Waals surface area contributed by atoms with Crippen molar-refractivity contribution in [2.45, 2.75) is 44.4 Å². The molecule has 6 N–H and O–H groups in total. The van der Waals surface area contributed by atoms with E-state index in [1.165, 1.54) is 19.2 Å². The van der Waals surface area contributed by atoms with E-state index in [-0.39, 0.29) is 29.1 Å². The summed E-state index contributed by atoms with van der Waals surface area (Å²) in [5, 5.41) is 14.5. The molecule has 2 aliphatic heterocycles. The maximum Gasteiger partial charge on any atom is 0.362 e. The van der Waals surface area contributed by atoms with Crippen molar-refractivity contribution >= 4 is 50.1 Å². The molecule has 1 amide bonds. The van der Waals surface area contributed by atoms with E-state index in [1.54, 1.807) is 0 Å². The van der Waals surface area contributed by atoms with Crippen LogP contribution in [0.4, 0.5) is 5.13 Å². The van der Waals surface area contributed by atoms with Gasteiger partial charge in [-0.15, -0.1) is 11.3 Å². The van der Waals surface area contributed by atoms with Gasteiger partial charge in [-0.05, 0) is 26.8 Å². The van der Waals surface area contributed by atoms with Crippen LogP contribution in [0.1, 0.15) is 32.4 Å². The van der Waals surface area contributed by atoms with Gasteiger partial charge in [0.2, 0.25) is 11.5 Å². The van der Waals surface area contributed by atoms with Crippen molar-refractivity contribution in [1.82, 2.24) is 14.2 Å². The fourth-order valence-electron chi connectivity index (χ4n) is 3.71. The van der Waals surface area contributed by atoms with Crippen LogP contribution in [0, 0.1) is 5.92 Å². The second kappa shape index (κ2) is 9.53. The second-order valence-corrected chi connectivity index (χ2v) is 10.8. The van der Waals surface area contributed by atoms with Crippen molar-refractivity contribution in [3.05, 3.63) is 11.1 Å². The molecule has 34 heavy (non-hydrogen) atoms. The Morgan fingerprint density at radius 2 is 2.09 bits per heavy atom. The van der Waals surface area contributed by atoms with Gasteiger partial charge in [0.05, 0.1) is 12.0 Å². The third-order valence-electron chi connectivity index (χ3n) is 5.62. The maximum atomic E-state index is 13.1. The van der Waals surface area contributed by atoms with Gasteiger partial charge in [-0.2, -0.15) is 8.42 Å². The number of nitrogens with two attached hydrogens (primary N) is 2. The lowest BCUT2D eigenvalue weighted by Gasteiger charge is -2.45.